The molecule has 0 atom stereocenters. The maximum Gasteiger partial charge on any atom is 0.294 e. The van der Waals surface area contributed by atoms with Gasteiger partial charge in [-0.1, -0.05) is 12.1 Å². The molecule has 0 spiro atoms. The van der Waals surface area contributed by atoms with E-state index in [2.05, 4.69) is 15.0 Å². The van der Waals surface area contributed by atoms with Crippen LogP contribution in [0.3, 0.4) is 0 Å². The summed E-state index contributed by atoms with van der Waals surface area (Å²) in [6.45, 7) is 0.120. The van der Waals surface area contributed by atoms with Crippen molar-refractivity contribution in [3.05, 3.63) is 82.4 Å². The minimum atomic E-state index is -3.41. The second kappa shape index (κ2) is 8.10. The maximum atomic E-state index is 12.4. The molecule has 3 aromatic rings. The largest absolute Gasteiger partial charge is 0.348 e. The van der Waals surface area contributed by atoms with Gasteiger partial charge in [0.25, 0.3) is 11.6 Å². The number of nitrogens with zero attached hydrogens (tertiary/aromatic N) is 3. The number of nitro benzene ring substituents is 1. The van der Waals surface area contributed by atoms with Gasteiger partial charge in [-0.25, -0.2) is 13.4 Å². The van der Waals surface area contributed by atoms with Crippen LogP contribution in [0.25, 0.3) is 5.69 Å². The van der Waals surface area contributed by atoms with Crippen molar-refractivity contribution in [2.75, 3.05) is 11.0 Å². The van der Waals surface area contributed by atoms with Gasteiger partial charge < -0.3 is 9.88 Å². The quantitative estimate of drug-likeness (QED) is 0.448. The van der Waals surface area contributed by atoms with E-state index in [-0.39, 0.29) is 17.8 Å². The molecular weight excluding hydrogens is 398 g/mol. The van der Waals surface area contributed by atoms with Gasteiger partial charge in [-0.3, -0.25) is 19.6 Å². The first-order valence-electron chi connectivity index (χ1n) is 8.34. The van der Waals surface area contributed by atoms with Crippen LogP contribution < -0.4 is 10.0 Å². The van der Waals surface area contributed by atoms with Crippen molar-refractivity contribution in [3.63, 3.8) is 0 Å². The first-order valence-corrected chi connectivity index (χ1v) is 10.2. The summed E-state index contributed by atoms with van der Waals surface area (Å²) in [6.07, 6.45) is 5.54. The molecule has 0 aliphatic rings. The number of sulfonamides is 1. The number of anilines is 1. The van der Waals surface area contributed by atoms with Crippen LogP contribution in [0.5, 0.6) is 0 Å². The van der Waals surface area contributed by atoms with E-state index in [1.54, 1.807) is 30.5 Å². The number of benzene rings is 2. The number of amides is 1. The van der Waals surface area contributed by atoms with Crippen molar-refractivity contribution < 1.29 is 18.1 Å². The summed E-state index contributed by atoms with van der Waals surface area (Å²) in [6, 6.07) is 10.7. The molecule has 0 unspecified atom stereocenters. The Morgan fingerprint density at radius 1 is 1.24 bits per heavy atom. The van der Waals surface area contributed by atoms with Crippen LogP contribution in [-0.2, 0) is 16.6 Å². The Morgan fingerprint density at radius 3 is 2.69 bits per heavy atom. The molecule has 1 amide bonds. The SMILES string of the molecule is CS(=O)(=O)Nc1cccc(CNC(=O)c2ccc(-n3ccnc3)c([N+](=O)[O-])c2)c1. The normalized spacial score (nSPS) is 11.1. The number of carbonyl (C=O) groups is 1. The minimum Gasteiger partial charge on any atom is -0.348 e. The molecular formula is C18H17N5O5S. The fourth-order valence-corrected chi connectivity index (χ4v) is 3.23. The third-order valence-electron chi connectivity index (χ3n) is 3.90. The topological polar surface area (TPSA) is 136 Å². The Kier molecular flexibility index (Phi) is 5.59. The van der Waals surface area contributed by atoms with Crippen molar-refractivity contribution in [3.8, 4) is 5.69 Å². The summed E-state index contributed by atoms with van der Waals surface area (Å²) in [7, 11) is -3.41. The lowest BCUT2D eigenvalue weighted by atomic mass is 10.1. The van der Waals surface area contributed by atoms with Gasteiger partial charge in [0.2, 0.25) is 10.0 Å². The average molecular weight is 415 g/mol. The number of aromatic nitrogens is 2. The van der Waals surface area contributed by atoms with Gasteiger partial charge in [0.1, 0.15) is 5.69 Å². The molecule has 29 heavy (non-hydrogen) atoms. The second-order valence-corrected chi connectivity index (χ2v) is 7.94. The van der Waals surface area contributed by atoms with Crippen molar-refractivity contribution in [1.82, 2.24) is 14.9 Å². The highest BCUT2D eigenvalue weighted by atomic mass is 32.2. The molecule has 0 saturated heterocycles. The van der Waals surface area contributed by atoms with Crippen molar-refractivity contribution >= 4 is 27.3 Å². The number of imidazole rings is 1. The molecule has 150 valence electrons. The standard InChI is InChI=1S/C18H17N5O5S/c1-29(27,28)21-15-4-2-3-13(9-15)11-20-18(24)14-5-6-16(17(10-14)23(25)26)22-8-7-19-12-22/h2-10,12,21H,11H2,1H3,(H,20,24). The number of hydrogen-bond donors (Lipinski definition) is 2. The van der Waals surface area contributed by atoms with Crippen molar-refractivity contribution in [1.29, 1.82) is 0 Å². The van der Waals surface area contributed by atoms with E-state index in [1.807, 2.05) is 0 Å². The minimum absolute atomic E-state index is 0.120. The molecule has 2 N–H and O–H groups in total. The maximum absolute atomic E-state index is 12.4. The Hall–Kier alpha value is -3.73. The predicted octanol–water partition coefficient (Wildman–Crippen LogP) is 2.08. The van der Waals surface area contributed by atoms with Crippen LogP contribution >= 0.6 is 0 Å². The molecule has 11 heteroatoms. The molecule has 0 fully saturated rings. The molecule has 0 radical (unpaired) electrons. The number of hydrogen-bond acceptors (Lipinski definition) is 6. The second-order valence-electron chi connectivity index (χ2n) is 6.19. The summed E-state index contributed by atoms with van der Waals surface area (Å²) in [4.78, 5) is 27.2. The molecule has 0 bridgehead atoms. The van der Waals surface area contributed by atoms with E-state index in [0.29, 0.717) is 16.9 Å². The Balaban J connectivity index is 1.75. The van der Waals surface area contributed by atoms with Gasteiger partial charge in [-0.15, -0.1) is 0 Å². The van der Waals surface area contributed by atoms with Crippen molar-refractivity contribution in [2.24, 2.45) is 0 Å². The Morgan fingerprint density at radius 2 is 2.03 bits per heavy atom. The Bertz CT molecular complexity index is 1160. The number of rotatable bonds is 7. The average Bonchev–Trinajstić information content (AvgIpc) is 3.19. The predicted molar refractivity (Wildman–Crippen MR) is 106 cm³/mol. The lowest BCUT2D eigenvalue weighted by Gasteiger charge is -2.09. The first kappa shape index (κ1) is 20.0. The number of nitrogens with one attached hydrogen (secondary N) is 2. The highest BCUT2D eigenvalue weighted by molar-refractivity contribution is 7.92. The van der Waals surface area contributed by atoms with E-state index in [9.17, 15) is 23.3 Å². The first-order chi connectivity index (χ1) is 13.7. The van der Waals surface area contributed by atoms with Crippen LogP contribution in [0.15, 0.2) is 61.2 Å². The van der Waals surface area contributed by atoms with Crippen LogP contribution in [0, 0.1) is 10.1 Å². The van der Waals surface area contributed by atoms with Gasteiger partial charge in [-0.2, -0.15) is 0 Å². The zero-order chi connectivity index (χ0) is 21.0. The summed E-state index contributed by atoms with van der Waals surface area (Å²) in [5.41, 5.74) is 1.24. The monoisotopic (exact) mass is 415 g/mol. The van der Waals surface area contributed by atoms with Gasteiger partial charge >= 0.3 is 0 Å². The fourth-order valence-electron chi connectivity index (χ4n) is 2.67. The molecule has 0 aliphatic heterocycles. The van der Waals surface area contributed by atoms with Gasteiger partial charge in [-0.05, 0) is 29.8 Å². The van der Waals surface area contributed by atoms with E-state index >= 15 is 0 Å². The molecule has 1 heterocycles. The molecule has 3 rings (SSSR count). The third-order valence-corrected chi connectivity index (χ3v) is 4.51. The van der Waals surface area contributed by atoms with Crippen molar-refractivity contribution in [2.45, 2.75) is 6.54 Å². The van der Waals surface area contributed by atoms with Crippen LogP contribution in [0.4, 0.5) is 11.4 Å². The zero-order valence-electron chi connectivity index (χ0n) is 15.3. The summed E-state index contributed by atoms with van der Waals surface area (Å²) >= 11 is 0. The van der Waals surface area contributed by atoms with E-state index in [4.69, 9.17) is 0 Å². The van der Waals surface area contributed by atoms with Crippen LogP contribution in [0.2, 0.25) is 0 Å². The summed E-state index contributed by atoms with van der Waals surface area (Å²) in [5.74, 6) is -0.494. The van der Waals surface area contributed by atoms with Crippen LogP contribution in [-0.4, -0.2) is 35.1 Å². The Labute approximate surface area is 166 Å². The lowest BCUT2D eigenvalue weighted by Crippen LogP contribution is -2.23. The molecule has 10 nitrogen and oxygen atoms in total. The summed E-state index contributed by atoms with van der Waals surface area (Å²) in [5, 5.41) is 14.1. The zero-order valence-corrected chi connectivity index (χ0v) is 16.1. The van der Waals surface area contributed by atoms with Gasteiger partial charge in [0.05, 0.1) is 17.5 Å². The van der Waals surface area contributed by atoms with E-state index in [1.165, 1.54) is 35.3 Å². The van der Waals surface area contributed by atoms with E-state index < -0.39 is 20.9 Å². The van der Waals surface area contributed by atoms with Gasteiger partial charge in [0, 0.05) is 36.3 Å². The smallest absolute Gasteiger partial charge is 0.294 e. The molecule has 0 saturated carbocycles. The molecule has 2 aromatic carbocycles. The van der Waals surface area contributed by atoms with Crippen LogP contribution in [0.1, 0.15) is 15.9 Å². The van der Waals surface area contributed by atoms with E-state index in [0.717, 1.165) is 6.26 Å². The third kappa shape index (κ3) is 5.17. The lowest BCUT2D eigenvalue weighted by molar-refractivity contribution is -0.384. The fraction of sp³-hybridized carbons (Fsp3) is 0.111. The van der Waals surface area contributed by atoms with Gasteiger partial charge in [0.15, 0.2) is 0 Å². The highest BCUT2D eigenvalue weighted by Gasteiger charge is 2.18. The number of nitro groups is 1. The summed E-state index contributed by atoms with van der Waals surface area (Å²) < 4.78 is 26.5. The molecule has 1 aromatic heterocycles. The highest BCUT2D eigenvalue weighted by Crippen LogP contribution is 2.24. The molecule has 0 aliphatic carbocycles. The number of carbonyl (C=O) groups excluding carboxylic acids is 1.